The third-order valence-electron chi connectivity index (χ3n) is 5.04. The van der Waals surface area contributed by atoms with Gasteiger partial charge in [-0.3, -0.25) is 14.5 Å². The number of amides is 2. The van der Waals surface area contributed by atoms with Crippen molar-refractivity contribution in [2.75, 3.05) is 25.5 Å². The molecule has 0 aliphatic rings. The summed E-state index contributed by atoms with van der Waals surface area (Å²) in [4.78, 5) is 33.8. The summed E-state index contributed by atoms with van der Waals surface area (Å²) in [6.45, 7) is 1.06. The first-order valence-corrected chi connectivity index (χ1v) is 11.0. The second kappa shape index (κ2) is 9.76. The number of carbonyl (C=O) groups is 2. The molecule has 2 aromatic heterocycles. The molecule has 0 unspecified atom stereocenters. The van der Waals surface area contributed by atoms with Crippen LogP contribution in [0.5, 0.6) is 0 Å². The van der Waals surface area contributed by atoms with Gasteiger partial charge in [0.25, 0.3) is 5.91 Å². The summed E-state index contributed by atoms with van der Waals surface area (Å²) in [5.41, 5.74) is 1.96. The SMILES string of the molecule is CN(CC(=O)N(C)c1ccccc1C(=O)NCc1ccco1)Cc1nc2ccccc2s1. The number of hydrogen-bond acceptors (Lipinski definition) is 6. The first-order valence-electron chi connectivity index (χ1n) is 10.2. The average molecular weight is 449 g/mol. The van der Waals surface area contributed by atoms with Crippen LogP contribution in [0.4, 0.5) is 5.69 Å². The van der Waals surface area contributed by atoms with Gasteiger partial charge in [-0.05, 0) is 43.4 Å². The molecule has 1 N–H and O–H groups in total. The highest BCUT2D eigenvalue weighted by atomic mass is 32.1. The molecule has 0 aliphatic carbocycles. The fourth-order valence-corrected chi connectivity index (χ4v) is 4.43. The Labute approximate surface area is 190 Å². The maximum Gasteiger partial charge on any atom is 0.253 e. The highest BCUT2D eigenvalue weighted by molar-refractivity contribution is 7.18. The predicted octanol–water partition coefficient (Wildman–Crippen LogP) is 3.91. The number of nitrogens with zero attached hydrogens (tertiary/aromatic N) is 3. The van der Waals surface area contributed by atoms with Gasteiger partial charge in [-0.15, -0.1) is 11.3 Å². The van der Waals surface area contributed by atoms with E-state index < -0.39 is 0 Å². The third kappa shape index (κ3) is 5.04. The molecule has 0 atom stereocenters. The lowest BCUT2D eigenvalue weighted by Crippen LogP contribution is -2.37. The van der Waals surface area contributed by atoms with E-state index in [9.17, 15) is 9.59 Å². The van der Waals surface area contributed by atoms with Crippen LogP contribution in [0.25, 0.3) is 10.2 Å². The number of para-hydroxylation sites is 2. The summed E-state index contributed by atoms with van der Waals surface area (Å²) >= 11 is 1.63. The quantitative estimate of drug-likeness (QED) is 0.442. The van der Waals surface area contributed by atoms with Crippen LogP contribution >= 0.6 is 11.3 Å². The van der Waals surface area contributed by atoms with E-state index in [0.717, 1.165) is 15.2 Å². The maximum absolute atomic E-state index is 13.0. The number of nitrogens with one attached hydrogen (secondary N) is 1. The molecule has 4 rings (SSSR count). The lowest BCUT2D eigenvalue weighted by Gasteiger charge is -2.23. The number of carbonyl (C=O) groups excluding carboxylic acids is 2. The minimum atomic E-state index is -0.264. The Kier molecular flexibility index (Phi) is 6.63. The summed E-state index contributed by atoms with van der Waals surface area (Å²) in [6.07, 6.45) is 1.56. The number of rotatable bonds is 8. The highest BCUT2D eigenvalue weighted by Crippen LogP contribution is 2.23. The molecule has 0 spiro atoms. The molecule has 164 valence electrons. The van der Waals surface area contributed by atoms with Crippen LogP contribution < -0.4 is 10.2 Å². The van der Waals surface area contributed by atoms with Gasteiger partial charge in [0, 0.05) is 7.05 Å². The van der Waals surface area contributed by atoms with Crippen molar-refractivity contribution in [2.24, 2.45) is 0 Å². The second-order valence-electron chi connectivity index (χ2n) is 7.48. The Morgan fingerprint density at radius 3 is 2.59 bits per heavy atom. The fraction of sp³-hybridized carbons (Fsp3) is 0.208. The molecule has 0 aliphatic heterocycles. The summed E-state index contributed by atoms with van der Waals surface area (Å²) in [7, 11) is 3.58. The van der Waals surface area contributed by atoms with Crippen LogP contribution in [0.2, 0.25) is 0 Å². The highest BCUT2D eigenvalue weighted by Gasteiger charge is 2.20. The monoisotopic (exact) mass is 448 g/mol. The molecule has 7 nitrogen and oxygen atoms in total. The zero-order chi connectivity index (χ0) is 22.5. The minimum Gasteiger partial charge on any atom is -0.467 e. The predicted molar refractivity (Wildman–Crippen MR) is 126 cm³/mol. The minimum absolute atomic E-state index is 0.111. The summed E-state index contributed by atoms with van der Waals surface area (Å²) < 4.78 is 6.39. The molecular weight excluding hydrogens is 424 g/mol. The zero-order valence-electron chi connectivity index (χ0n) is 17.9. The van der Waals surface area contributed by atoms with Crippen molar-refractivity contribution in [3.8, 4) is 0 Å². The number of hydrogen-bond donors (Lipinski definition) is 1. The number of likely N-dealkylation sites (N-methyl/N-ethyl adjacent to an activating group) is 2. The second-order valence-corrected chi connectivity index (χ2v) is 8.59. The molecule has 0 bridgehead atoms. The molecule has 8 heteroatoms. The normalized spacial score (nSPS) is 11.1. The van der Waals surface area contributed by atoms with Crippen molar-refractivity contribution >= 4 is 39.1 Å². The van der Waals surface area contributed by atoms with Crippen LogP contribution in [0, 0.1) is 0 Å². The summed E-state index contributed by atoms with van der Waals surface area (Å²) in [5.74, 6) is 0.288. The van der Waals surface area contributed by atoms with Crippen molar-refractivity contribution < 1.29 is 14.0 Å². The van der Waals surface area contributed by atoms with Crippen molar-refractivity contribution in [1.29, 1.82) is 0 Å². The van der Waals surface area contributed by atoms with Crippen LogP contribution in [0.3, 0.4) is 0 Å². The van der Waals surface area contributed by atoms with Gasteiger partial charge in [0.05, 0.1) is 47.4 Å². The average Bonchev–Trinajstić information content (AvgIpc) is 3.46. The largest absolute Gasteiger partial charge is 0.467 e. The van der Waals surface area contributed by atoms with Crippen molar-refractivity contribution in [3.05, 3.63) is 83.3 Å². The van der Waals surface area contributed by atoms with E-state index in [2.05, 4.69) is 10.3 Å². The Hall–Kier alpha value is -3.49. The van der Waals surface area contributed by atoms with Gasteiger partial charge in [0.1, 0.15) is 10.8 Å². The smallest absolute Gasteiger partial charge is 0.253 e. The van der Waals surface area contributed by atoms with Crippen LogP contribution in [0.15, 0.2) is 71.3 Å². The lowest BCUT2D eigenvalue weighted by atomic mass is 10.1. The van der Waals surface area contributed by atoms with Gasteiger partial charge >= 0.3 is 0 Å². The van der Waals surface area contributed by atoms with Gasteiger partial charge in [0.2, 0.25) is 5.91 Å². The number of anilines is 1. The first kappa shape index (κ1) is 21.7. The molecule has 0 saturated heterocycles. The number of benzene rings is 2. The van der Waals surface area contributed by atoms with E-state index in [1.54, 1.807) is 55.0 Å². The van der Waals surface area contributed by atoms with E-state index in [1.807, 2.05) is 42.3 Å². The fourth-order valence-electron chi connectivity index (χ4n) is 3.38. The summed E-state index contributed by atoms with van der Waals surface area (Å²) in [6, 6.07) is 18.6. The molecule has 2 amide bonds. The van der Waals surface area contributed by atoms with E-state index in [4.69, 9.17) is 4.42 Å². The molecule has 2 aromatic carbocycles. The number of fused-ring (bicyclic) bond motifs is 1. The molecule has 4 aromatic rings. The first-order chi connectivity index (χ1) is 15.5. The van der Waals surface area contributed by atoms with Crippen molar-refractivity contribution in [1.82, 2.24) is 15.2 Å². The van der Waals surface area contributed by atoms with E-state index in [-0.39, 0.29) is 24.9 Å². The number of furan rings is 1. The van der Waals surface area contributed by atoms with Crippen LogP contribution in [-0.4, -0.2) is 42.3 Å². The Morgan fingerprint density at radius 1 is 1.03 bits per heavy atom. The van der Waals surface area contributed by atoms with Gasteiger partial charge in [-0.2, -0.15) is 0 Å². The zero-order valence-corrected chi connectivity index (χ0v) is 18.8. The molecule has 2 heterocycles. The molecule has 0 radical (unpaired) electrons. The lowest BCUT2D eigenvalue weighted by molar-refractivity contribution is -0.119. The van der Waals surface area contributed by atoms with Gasteiger partial charge in [-0.25, -0.2) is 4.98 Å². The number of thiazole rings is 1. The van der Waals surface area contributed by atoms with Crippen LogP contribution in [-0.2, 0) is 17.9 Å². The van der Waals surface area contributed by atoms with Crippen molar-refractivity contribution in [3.63, 3.8) is 0 Å². The Balaban J connectivity index is 1.40. The van der Waals surface area contributed by atoms with E-state index in [1.165, 1.54) is 4.90 Å². The van der Waals surface area contributed by atoms with Crippen LogP contribution in [0.1, 0.15) is 21.1 Å². The molecule has 0 fully saturated rings. The maximum atomic E-state index is 13.0. The van der Waals surface area contributed by atoms with E-state index in [0.29, 0.717) is 23.6 Å². The van der Waals surface area contributed by atoms with Gasteiger partial charge in [-0.1, -0.05) is 24.3 Å². The topological polar surface area (TPSA) is 78.7 Å². The standard InChI is InChI=1S/C24H24N4O3S/c1-27(15-22-26-19-10-4-6-12-21(19)32-22)16-23(29)28(2)20-11-5-3-9-18(20)24(30)25-14-17-8-7-13-31-17/h3-13H,14-16H2,1-2H3,(H,25,30). The number of aromatic nitrogens is 1. The van der Waals surface area contributed by atoms with Crippen molar-refractivity contribution in [2.45, 2.75) is 13.1 Å². The summed E-state index contributed by atoms with van der Waals surface area (Å²) in [5, 5.41) is 3.79. The molecular formula is C24H24N4O3S. The van der Waals surface area contributed by atoms with Gasteiger partial charge in [0.15, 0.2) is 0 Å². The van der Waals surface area contributed by atoms with E-state index >= 15 is 0 Å². The molecule has 32 heavy (non-hydrogen) atoms. The van der Waals surface area contributed by atoms with Gasteiger partial charge < -0.3 is 14.6 Å². The third-order valence-corrected chi connectivity index (χ3v) is 6.06. The molecule has 0 saturated carbocycles. The Morgan fingerprint density at radius 2 is 1.81 bits per heavy atom. The Bertz CT molecular complexity index is 1190.